The summed E-state index contributed by atoms with van der Waals surface area (Å²) in [5.41, 5.74) is 11.8. The van der Waals surface area contributed by atoms with E-state index in [2.05, 4.69) is 34.1 Å². The van der Waals surface area contributed by atoms with Crippen molar-refractivity contribution in [3.05, 3.63) is 70.4 Å². The Morgan fingerprint density at radius 2 is 1.89 bits per heavy atom. The molecule has 0 radical (unpaired) electrons. The van der Waals surface area contributed by atoms with Crippen LogP contribution in [0.4, 0.5) is 11.6 Å². The van der Waals surface area contributed by atoms with Crippen molar-refractivity contribution < 1.29 is 4.74 Å². The first-order valence-corrected chi connectivity index (χ1v) is 9.24. The zero-order valence-corrected chi connectivity index (χ0v) is 16.3. The number of aryl methyl sites for hydroxylation is 2. The van der Waals surface area contributed by atoms with E-state index < -0.39 is 0 Å². The number of fused-ring (bicyclic) bond motifs is 1. The molecule has 2 heterocycles. The van der Waals surface area contributed by atoms with Crippen LogP contribution >= 0.6 is 11.6 Å². The maximum Gasteiger partial charge on any atom is 0.219 e. The first kappa shape index (κ1) is 18.1. The van der Waals surface area contributed by atoms with Gasteiger partial charge in [-0.1, -0.05) is 11.6 Å². The van der Waals surface area contributed by atoms with E-state index in [1.165, 1.54) is 5.56 Å². The summed E-state index contributed by atoms with van der Waals surface area (Å²) in [4.78, 5) is 12.0. The number of nitrogen functional groups attached to an aromatic ring is 1. The fraction of sp³-hybridized carbons (Fsp3) is 0.143. The normalized spacial score (nSPS) is 11.0. The number of nitrogens with one attached hydrogen (secondary N) is 2. The lowest BCUT2D eigenvalue weighted by molar-refractivity contribution is 0.462. The molecule has 28 heavy (non-hydrogen) atoms. The number of H-pyrrole nitrogens is 1. The van der Waals surface area contributed by atoms with E-state index >= 15 is 0 Å². The van der Waals surface area contributed by atoms with E-state index in [1.807, 2.05) is 30.3 Å². The Morgan fingerprint density at radius 3 is 2.61 bits per heavy atom. The number of aromatic nitrogens is 3. The number of pyridine rings is 1. The van der Waals surface area contributed by atoms with Gasteiger partial charge < -0.3 is 20.8 Å². The molecule has 0 atom stereocenters. The van der Waals surface area contributed by atoms with Gasteiger partial charge in [0, 0.05) is 24.5 Å². The fourth-order valence-electron chi connectivity index (χ4n) is 3.12. The second-order valence-corrected chi connectivity index (χ2v) is 7.10. The van der Waals surface area contributed by atoms with Crippen molar-refractivity contribution in [2.75, 3.05) is 11.1 Å². The third-order valence-corrected chi connectivity index (χ3v) is 4.75. The van der Waals surface area contributed by atoms with Gasteiger partial charge in [0.1, 0.15) is 5.75 Å². The highest BCUT2D eigenvalue weighted by Crippen LogP contribution is 2.27. The van der Waals surface area contributed by atoms with Crippen molar-refractivity contribution in [1.29, 1.82) is 0 Å². The maximum atomic E-state index is 5.87. The molecule has 6 nitrogen and oxygen atoms in total. The Bertz CT molecular complexity index is 1110. The van der Waals surface area contributed by atoms with Crippen LogP contribution in [0.5, 0.6) is 11.6 Å². The first-order valence-electron chi connectivity index (χ1n) is 8.86. The fourth-order valence-corrected chi connectivity index (χ4v) is 3.23. The van der Waals surface area contributed by atoms with Crippen molar-refractivity contribution in [1.82, 2.24) is 15.0 Å². The van der Waals surface area contributed by atoms with E-state index in [4.69, 9.17) is 22.1 Å². The van der Waals surface area contributed by atoms with Crippen molar-refractivity contribution >= 4 is 34.3 Å². The monoisotopic (exact) mass is 393 g/mol. The molecule has 0 spiro atoms. The van der Waals surface area contributed by atoms with Crippen molar-refractivity contribution in [3.8, 4) is 11.6 Å². The Morgan fingerprint density at radius 1 is 1.11 bits per heavy atom. The summed E-state index contributed by atoms with van der Waals surface area (Å²) in [6.07, 6.45) is 1.57. The molecule has 4 rings (SSSR count). The van der Waals surface area contributed by atoms with Crippen molar-refractivity contribution in [2.45, 2.75) is 20.4 Å². The Balaban J connectivity index is 1.50. The van der Waals surface area contributed by atoms with Gasteiger partial charge in [-0.3, -0.25) is 0 Å². The number of imidazole rings is 1. The standard InChI is InChI=1S/C21H20ClN5O/c1-12-7-16(28-20-6-3-14(22)10-24-20)8-13(2)17(12)11-25-21-26-18-5-4-15(23)9-19(18)27-21/h3-10H,11,23H2,1-2H3,(H2,25,26,27). The van der Waals surface area contributed by atoms with E-state index in [1.54, 1.807) is 18.3 Å². The summed E-state index contributed by atoms with van der Waals surface area (Å²) < 4.78 is 5.84. The predicted octanol–water partition coefficient (Wildman–Crippen LogP) is 5.21. The Hall–Kier alpha value is -3.25. The molecular weight excluding hydrogens is 374 g/mol. The number of anilines is 2. The summed E-state index contributed by atoms with van der Waals surface area (Å²) in [5.74, 6) is 1.97. The number of ether oxygens (including phenoxy) is 1. The molecular formula is C21H20ClN5O. The number of benzene rings is 2. The largest absolute Gasteiger partial charge is 0.439 e. The minimum atomic E-state index is 0.510. The predicted molar refractivity (Wildman–Crippen MR) is 113 cm³/mol. The summed E-state index contributed by atoms with van der Waals surface area (Å²) in [5, 5.41) is 3.93. The quantitative estimate of drug-likeness (QED) is 0.405. The minimum Gasteiger partial charge on any atom is -0.439 e. The lowest BCUT2D eigenvalue weighted by Gasteiger charge is -2.13. The SMILES string of the molecule is Cc1cc(Oc2ccc(Cl)cn2)cc(C)c1CNc1nc2ccc(N)cc2[nH]1. The first-order chi connectivity index (χ1) is 13.5. The summed E-state index contributed by atoms with van der Waals surface area (Å²) >= 11 is 5.87. The lowest BCUT2D eigenvalue weighted by Crippen LogP contribution is -2.05. The lowest BCUT2D eigenvalue weighted by atomic mass is 10.0. The van der Waals surface area contributed by atoms with Gasteiger partial charge in [0.05, 0.1) is 16.1 Å². The van der Waals surface area contributed by atoms with E-state index in [0.717, 1.165) is 27.9 Å². The molecule has 7 heteroatoms. The molecule has 0 aliphatic heterocycles. The summed E-state index contributed by atoms with van der Waals surface area (Å²) in [6.45, 7) is 4.77. The van der Waals surface area contributed by atoms with Gasteiger partial charge in [0.25, 0.3) is 0 Å². The third-order valence-electron chi connectivity index (χ3n) is 4.53. The average molecular weight is 394 g/mol. The molecule has 0 bridgehead atoms. The maximum absolute atomic E-state index is 5.87. The van der Waals surface area contributed by atoms with Crippen molar-refractivity contribution in [2.24, 2.45) is 0 Å². The number of nitrogens with zero attached hydrogens (tertiary/aromatic N) is 2. The van der Waals surface area contributed by atoms with Gasteiger partial charge in [-0.05, 0) is 66.9 Å². The number of aromatic amines is 1. The molecule has 0 unspecified atom stereocenters. The van der Waals surface area contributed by atoms with Crippen LogP contribution in [-0.2, 0) is 6.54 Å². The highest BCUT2D eigenvalue weighted by Gasteiger charge is 2.09. The molecule has 0 fully saturated rings. The molecule has 0 saturated carbocycles. The highest BCUT2D eigenvalue weighted by atomic mass is 35.5. The van der Waals surface area contributed by atoms with Crippen molar-refractivity contribution in [3.63, 3.8) is 0 Å². The molecule has 0 aliphatic rings. The van der Waals surface area contributed by atoms with Gasteiger partial charge in [0.15, 0.2) is 0 Å². The Kier molecular flexibility index (Phi) is 4.79. The van der Waals surface area contributed by atoms with Crippen LogP contribution in [0.2, 0.25) is 5.02 Å². The molecule has 0 aliphatic carbocycles. The molecule has 0 saturated heterocycles. The second kappa shape index (κ2) is 7.40. The smallest absolute Gasteiger partial charge is 0.219 e. The minimum absolute atomic E-state index is 0.510. The van der Waals surface area contributed by atoms with Gasteiger partial charge >= 0.3 is 0 Å². The second-order valence-electron chi connectivity index (χ2n) is 6.67. The number of hydrogen-bond donors (Lipinski definition) is 3. The third kappa shape index (κ3) is 3.87. The highest BCUT2D eigenvalue weighted by molar-refractivity contribution is 6.30. The molecule has 142 valence electrons. The van der Waals surface area contributed by atoms with Crippen LogP contribution in [0.1, 0.15) is 16.7 Å². The van der Waals surface area contributed by atoms with Crippen LogP contribution in [0.3, 0.4) is 0 Å². The summed E-state index contributed by atoms with van der Waals surface area (Å²) in [7, 11) is 0. The number of halogens is 1. The van der Waals surface area contributed by atoms with Gasteiger partial charge in [-0.25, -0.2) is 9.97 Å². The molecule has 0 amide bonds. The number of nitrogens with two attached hydrogens (primary N) is 1. The van der Waals surface area contributed by atoms with E-state index in [9.17, 15) is 0 Å². The van der Waals surface area contributed by atoms with Crippen LogP contribution in [0, 0.1) is 13.8 Å². The van der Waals surface area contributed by atoms with Crippen LogP contribution in [-0.4, -0.2) is 15.0 Å². The zero-order valence-electron chi connectivity index (χ0n) is 15.6. The van der Waals surface area contributed by atoms with Crippen LogP contribution < -0.4 is 15.8 Å². The molecule has 4 aromatic rings. The number of rotatable bonds is 5. The van der Waals surface area contributed by atoms with Gasteiger partial charge in [0.2, 0.25) is 11.8 Å². The van der Waals surface area contributed by atoms with E-state index in [0.29, 0.717) is 29.1 Å². The molecule has 2 aromatic carbocycles. The number of hydrogen-bond acceptors (Lipinski definition) is 5. The molecule has 2 aromatic heterocycles. The van der Waals surface area contributed by atoms with E-state index in [-0.39, 0.29) is 0 Å². The van der Waals surface area contributed by atoms with Crippen LogP contribution in [0.25, 0.3) is 11.0 Å². The average Bonchev–Trinajstić information content (AvgIpc) is 3.05. The van der Waals surface area contributed by atoms with Crippen LogP contribution in [0.15, 0.2) is 48.7 Å². The van der Waals surface area contributed by atoms with Gasteiger partial charge in [-0.15, -0.1) is 0 Å². The van der Waals surface area contributed by atoms with Gasteiger partial charge in [-0.2, -0.15) is 0 Å². The molecule has 4 N–H and O–H groups in total. The topological polar surface area (TPSA) is 88.8 Å². The summed E-state index contributed by atoms with van der Waals surface area (Å²) in [6, 6.07) is 13.1. The Labute approximate surface area is 167 Å². The zero-order chi connectivity index (χ0) is 19.7.